The minimum Gasteiger partial charge on any atom is -0.481 e. The van der Waals surface area contributed by atoms with Crippen molar-refractivity contribution in [2.45, 2.75) is 46.6 Å². The van der Waals surface area contributed by atoms with Crippen LogP contribution in [0.15, 0.2) is 5.38 Å². The van der Waals surface area contributed by atoms with Crippen molar-refractivity contribution in [2.24, 2.45) is 5.41 Å². The van der Waals surface area contributed by atoms with Crippen LogP contribution in [0, 0.1) is 5.41 Å². The van der Waals surface area contributed by atoms with E-state index in [0.717, 1.165) is 17.2 Å². The van der Waals surface area contributed by atoms with Gasteiger partial charge in [-0.25, -0.2) is 4.98 Å². The SMILES string of the molecule is CCc1csc(NC(C)(C)C(C)(C)C(=O)O)n1. The molecular formula is C12H20N2O2S. The van der Waals surface area contributed by atoms with E-state index in [1.165, 1.54) is 11.3 Å². The zero-order chi connectivity index (χ0) is 13.3. The molecule has 0 spiro atoms. The lowest BCUT2D eigenvalue weighted by Gasteiger charge is -2.38. The Hall–Kier alpha value is -1.10. The van der Waals surface area contributed by atoms with Crippen LogP contribution in [0.1, 0.15) is 40.3 Å². The Labute approximate surface area is 106 Å². The first-order chi connectivity index (χ1) is 7.70. The number of hydrogen-bond donors (Lipinski definition) is 2. The Morgan fingerprint density at radius 3 is 2.47 bits per heavy atom. The number of nitrogens with one attached hydrogen (secondary N) is 1. The summed E-state index contributed by atoms with van der Waals surface area (Å²) in [5.74, 6) is -0.817. The predicted molar refractivity (Wildman–Crippen MR) is 70.6 cm³/mol. The molecule has 2 N–H and O–H groups in total. The number of thiazole rings is 1. The van der Waals surface area contributed by atoms with Crippen LogP contribution in [0.5, 0.6) is 0 Å². The molecule has 0 radical (unpaired) electrons. The summed E-state index contributed by atoms with van der Waals surface area (Å²) in [7, 11) is 0. The molecule has 0 aliphatic heterocycles. The van der Waals surface area contributed by atoms with E-state index in [0.29, 0.717) is 0 Å². The minimum atomic E-state index is -0.870. The Balaban J connectivity index is 2.89. The smallest absolute Gasteiger partial charge is 0.311 e. The third kappa shape index (κ3) is 2.77. The minimum absolute atomic E-state index is 0.568. The van der Waals surface area contributed by atoms with Gasteiger partial charge in [-0.15, -0.1) is 11.3 Å². The number of aliphatic carboxylic acids is 1. The third-order valence-electron chi connectivity index (χ3n) is 3.43. The number of carboxylic acid groups (broad SMARTS) is 1. The average Bonchev–Trinajstić information content (AvgIpc) is 2.64. The van der Waals surface area contributed by atoms with E-state index in [1.54, 1.807) is 13.8 Å². The van der Waals surface area contributed by atoms with Crippen molar-refractivity contribution in [1.82, 2.24) is 4.98 Å². The van der Waals surface area contributed by atoms with Crippen LogP contribution in [-0.4, -0.2) is 21.6 Å². The highest BCUT2D eigenvalue weighted by molar-refractivity contribution is 7.13. The maximum absolute atomic E-state index is 11.3. The highest BCUT2D eigenvalue weighted by Gasteiger charge is 2.43. The van der Waals surface area contributed by atoms with Gasteiger partial charge in [-0.1, -0.05) is 6.92 Å². The Kier molecular flexibility index (Phi) is 3.81. The van der Waals surface area contributed by atoms with Gasteiger partial charge in [0.25, 0.3) is 0 Å². The highest BCUT2D eigenvalue weighted by Crippen LogP contribution is 2.34. The molecule has 1 aromatic heterocycles. The van der Waals surface area contributed by atoms with Gasteiger partial charge in [0.1, 0.15) is 0 Å². The van der Waals surface area contributed by atoms with Gasteiger partial charge in [-0.3, -0.25) is 4.79 Å². The molecule has 1 aromatic rings. The maximum atomic E-state index is 11.3. The largest absolute Gasteiger partial charge is 0.481 e. The quantitative estimate of drug-likeness (QED) is 0.850. The Morgan fingerprint density at radius 2 is 2.06 bits per heavy atom. The number of anilines is 1. The fraction of sp³-hybridized carbons (Fsp3) is 0.667. The summed E-state index contributed by atoms with van der Waals surface area (Å²) in [5, 5.41) is 15.2. The zero-order valence-corrected chi connectivity index (χ0v) is 11.8. The number of hydrogen-bond acceptors (Lipinski definition) is 4. The Morgan fingerprint density at radius 1 is 1.47 bits per heavy atom. The van der Waals surface area contributed by atoms with Gasteiger partial charge in [0, 0.05) is 10.9 Å². The molecule has 17 heavy (non-hydrogen) atoms. The summed E-state index contributed by atoms with van der Waals surface area (Å²) in [4.78, 5) is 15.7. The molecule has 0 saturated heterocycles. The van der Waals surface area contributed by atoms with Crippen LogP contribution in [-0.2, 0) is 11.2 Å². The van der Waals surface area contributed by atoms with Gasteiger partial charge >= 0.3 is 5.97 Å². The number of aryl methyl sites for hydroxylation is 1. The van der Waals surface area contributed by atoms with Crippen molar-refractivity contribution in [3.8, 4) is 0 Å². The second-order valence-corrected chi connectivity index (χ2v) is 6.04. The van der Waals surface area contributed by atoms with Crippen LogP contribution in [0.3, 0.4) is 0 Å². The van der Waals surface area contributed by atoms with Gasteiger partial charge in [0.05, 0.1) is 11.1 Å². The fourth-order valence-corrected chi connectivity index (χ4v) is 2.17. The predicted octanol–water partition coefficient (Wildman–Crippen LogP) is 3.01. The van der Waals surface area contributed by atoms with Crippen molar-refractivity contribution < 1.29 is 9.90 Å². The molecule has 96 valence electrons. The first kappa shape index (κ1) is 14.0. The summed E-state index contributed by atoms with van der Waals surface area (Å²) < 4.78 is 0. The van der Waals surface area contributed by atoms with E-state index >= 15 is 0 Å². The summed E-state index contributed by atoms with van der Waals surface area (Å²) in [6.45, 7) is 9.25. The van der Waals surface area contributed by atoms with Crippen molar-refractivity contribution in [2.75, 3.05) is 5.32 Å². The molecule has 1 rings (SSSR count). The van der Waals surface area contributed by atoms with Gasteiger partial charge < -0.3 is 10.4 Å². The van der Waals surface area contributed by atoms with Gasteiger partial charge in [0.15, 0.2) is 5.13 Å². The number of aromatic nitrogens is 1. The molecule has 0 aliphatic rings. The van der Waals surface area contributed by atoms with E-state index in [4.69, 9.17) is 0 Å². The van der Waals surface area contributed by atoms with Gasteiger partial charge in [-0.05, 0) is 34.1 Å². The first-order valence-electron chi connectivity index (χ1n) is 5.66. The molecule has 0 unspecified atom stereocenters. The molecule has 0 atom stereocenters. The monoisotopic (exact) mass is 256 g/mol. The van der Waals surface area contributed by atoms with E-state index < -0.39 is 16.9 Å². The van der Waals surface area contributed by atoms with E-state index in [2.05, 4.69) is 10.3 Å². The number of rotatable bonds is 5. The summed E-state index contributed by atoms with van der Waals surface area (Å²) in [5.41, 5.74) is -0.409. The molecule has 1 heterocycles. The number of carbonyl (C=O) groups is 1. The van der Waals surface area contributed by atoms with Gasteiger partial charge in [-0.2, -0.15) is 0 Å². The van der Waals surface area contributed by atoms with E-state index in [-0.39, 0.29) is 0 Å². The lowest BCUT2D eigenvalue weighted by atomic mass is 9.74. The molecule has 4 nitrogen and oxygen atoms in total. The standard InChI is InChI=1S/C12H20N2O2S/c1-6-8-7-17-10(13-8)14-12(4,5)11(2,3)9(15)16/h7H,6H2,1-5H3,(H,13,14)(H,15,16). The maximum Gasteiger partial charge on any atom is 0.311 e. The molecule has 5 heteroatoms. The molecular weight excluding hydrogens is 236 g/mol. The molecule has 0 aromatic carbocycles. The van der Waals surface area contributed by atoms with E-state index in [1.807, 2.05) is 26.2 Å². The highest BCUT2D eigenvalue weighted by atomic mass is 32.1. The van der Waals surface area contributed by atoms with Crippen LogP contribution < -0.4 is 5.32 Å². The lowest BCUT2D eigenvalue weighted by Crippen LogP contribution is -2.50. The molecule has 0 amide bonds. The molecule has 0 bridgehead atoms. The third-order valence-corrected chi connectivity index (χ3v) is 4.24. The second kappa shape index (κ2) is 4.64. The fourth-order valence-electron chi connectivity index (χ4n) is 1.22. The Bertz CT molecular complexity index is 410. The average molecular weight is 256 g/mol. The summed E-state index contributed by atoms with van der Waals surface area (Å²) in [6, 6.07) is 0. The van der Waals surface area contributed by atoms with Gasteiger partial charge in [0.2, 0.25) is 0 Å². The number of carboxylic acids is 1. The summed E-state index contributed by atoms with van der Waals surface area (Å²) >= 11 is 1.51. The van der Waals surface area contributed by atoms with Crippen LogP contribution in [0.25, 0.3) is 0 Å². The lowest BCUT2D eigenvalue weighted by molar-refractivity contribution is -0.149. The summed E-state index contributed by atoms with van der Waals surface area (Å²) in [6.07, 6.45) is 0.890. The zero-order valence-electron chi connectivity index (χ0n) is 11.0. The van der Waals surface area contributed by atoms with Crippen molar-refractivity contribution in [3.05, 3.63) is 11.1 Å². The van der Waals surface area contributed by atoms with Crippen LogP contribution in [0.2, 0.25) is 0 Å². The molecule has 0 aliphatic carbocycles. The van der Waals surface area contributed by atoms with Crippen molar-refractivity contribution in [1.29, 1.82) is 0 Å². The first-order valence-corrected chi connectivity index (χ1v) is 6.54. The van der Waals surface area contributed by atoms with Crippen molar-refractivity contribution >= 4 is 22.4 Å². The van der Waals surface area contributed by atoms with Crippen molar-refractivity contribution in [3.63, 3.8) is 0 Å². The van der Waals surface area contributed by atoms with E-state index in [9.17, 15) is 9.90 Å². The second-order valence-electron chi connectivity index (χ2n) is 5.18. The molecule has 0 fully saturated rings. The number of nitrogens with zero attached hydrogens (tertiary/aromatic N) is 1. The molecule has 0 saturated carbocycles. The topological polar surface area (TPSA) is 62.2 Å². The normalized spacial score (nSPS) is 12.5. The van der Waals surface area contributed by atoms with Crippen LogP contribution in [0.4, 0.5) is 5.13 Å². The van der Waals surface area contributed by atoms with Crippen LogP contribution >= 0.6 is 11.3 Å².